The van der Waals surface area contributed by atoms with Crippen molar-refractivity contribution in [2.75, 3.05) is 5.73 Å². The smallest absolute Gasteiger partial charge is 0.196 e. The van der Waals surface area contributed by atoms with Crippen LogP contribution in [0.25, 0.3) is 10.1 Å². The molecule has 2 N–H and O–H groups in total. The summed E-state index contributed by atoms with van der Waals surface area (Å²) >= 11 is 13.2. The number of anilines is 1. The van der Waals surface area contributed by atoms with Crippen molar-refractivity contribution in [2.45, 2.75) is 0 Å². The fraction of sp³-hybridized carbons (Fsp3) is 0. The average molecular weight is 322 g/mol. The van der Waals surface area contributed by atoms with E-state index in [1.807, 2.05) is 24.3 Å². The minimum atomic E-state index is -0.140. The van der Waals surface area contributed by atoms with E-state index in [-0.39, 0.29) is 5.78 Å². The van der Waals surface area contributed by atoms with Crippen molar-refractivity contribution < 1.29 is 4.79 Å². The second-order valence-corrected chi connectivity index (χ2v) is 6.19. The summed E-state index contributed by atoms with van der Waals surface area (Å²) in [6, 6.07) is 12.5. The Balaban J connectivity index is 2.17. The van der Waals surface area contributed by atoms with E-state index < -0.39 is 0 Å². The quantitative estimate of drug-likeness (QED) is 0.673. The van der Waals surface area contributed by atoms with Crippen molar-refractivity contribution in [2.24, 2.45) is 0 Å². The molecule has 0 unspecified atom stereocenters. The van der Waals surface area contributed by atoms with Gasteiger partial charge in [-0.15, -0.1) is 11.3 Å². The van der Waals surface area contributed by atoms with Crippen LogP contribution in [0.3, 0.4) is 0 Å². The Morgan fingerprint density at radius 1 is 1.05 bits per heavy atom. The summed E-state index contributed by atoms with van der Waals surface area (Å²) in [4.78, 5) is 12.6. The molecule has 0 bridgehead atoms. The third-order valence-electron chi connectivity index (χ3n) is 3.03. The zero-order valence-electron chi connectivity index (χ0n) is 10.2. The van der Waals surface area contributed by atoms with Gasteiger partial charge in [0.2, 0.25) is 0 Å². The number of nitrogen functional groups attached to an aromatic ring is 1. The Labute approximate surface area is 129 Å². The normalized spacial score (nSPS) is 10.9. The van der Waals surface area contributed by atoms with Gasteiger partial charge in [0.15, 0.2) is 5.78 Å². The number of carbonyl (C=O) groups is 1. The molecule has 1 aromatic heterocycles. The molecule has 1 heterocycles. The van der Waals surface area contributed by atoms with Crippen molar-refractivity contribution >= 4 is 55.4 Å². The lowest BCUT2D eigenvalue weighted by Crippen LogP contribution is -2.03. The number of thiophene rings is 1. The highest BCUT2D eigenvalue weighted by atomic mass is 35.5. The second kappa shape index (κ2) is 5.09. The number of ketones is 1. The molecule has 0 atom stereocenters. The van der Waals surface area contributed by atoms with Gasteiger partial charge in [0.1, 0.15) is 0 Å². The van der Waals surface area contributed by atoms with E-state index in [1.165, 1.54) is 11.3 Å². The van der Waals surface area contributed by atoms with Crippen molar-refractivity contribution in [3.8, 4) is 0 Å². The summed E-state index contributed by atoms with van der Waals surface area (Å²) < 4.78 is 0.994. The van der Waals surface area contributed by atoms with Crippen LogP contribution in [0.1, 0.15) is 15.9 Å². The summed E-state index contributed by atoms with van der Waals surface area (Å²) in [6.45, 7) is 0. The van der Waals surface area contributed by atoms with Crippen molar-refractivity contribution in [3.63, 3.8) is 0 Å². The number of benzene rings is 2. The Morgan fingerprint density at radius 3 is 2.55 bits per heavy atom. The summed E-state index contributed by atoms with van der Waals surface area (Å²) in [7, 11) is 0. The van der Waals surface area contributed by atoms with Crippen LogP contribution in [-0.2, 0) is 0 Å². The topological polar surface area (TPSA) is 43.1 Å². The number of hydrogen-bond acceptors (Lipinski definition) is 3. The van der Waals surface area contributed by atoms with Crippen LogP contribution in [0.5, 0.6) is 0 Å². The monoisotopic (exact) mass is 321 g/mol. The highest BCUT2D eigenvalue weighted by Gasteiger charge is 2.19. The molecule has 20 heavy (non-hydrogen) atoms. The van der Waals surface area contributed by atoms with Gasteiger partial charge in [0.25, 0.3) is 0 Å². The maximum absolute atomic E-state index is 12.6. The van der Waals surface area contributed by atoms with E-state index in [1.54, 1.807) is 18.2 Å². The molecule has 0 fully saturated rings. The summed E-state index contributed by atoms with van der Waals surface area (Å²) in [5.41, 5.74) is 7.01. The van der Waals surface area contributed by atoms with Gasteiger partial charge in [-0.25, -0.2) is 0 Å². The predicted molar refractivity (Wildman–Crippen MR) is 86.1 cm³/mol. The predicted octanol–water partition coefficient (Wildman–Crippen LogP) is 5.02. The Hall–Kier alpha value is -1.55. The molecule has 0 radical (unpaired) electrons. The first-order valence-corrected chi connectivity index (χ1v) is 7.42. The van der Waals surface area contributed by atoms with Crippen LogP contribution in [0, 0.1) is 0 Å². The van der Waals surface area contributed by atoms with Crippen LogP contribution < -0.4 is 5.73 Å². The molecule has 2 nitrogen and oxygen atoms in total. The van der Waals surface area contributed by atoms with Gasteiger partial charge in [0, 0.05) is 15.6 Å². The first-order valence-electron chi connectivity index (χ1n) is 5.84. The lowest BCUT2D eigenvalue weighted by molar-refractivity contribution is 0.104. The average Bonchev–Trinajstić information content (AvgIpc) is 2.77. The number of nitrogens with two attached hydrogens (primary N) is 1. The standard InChI is InChI=1S/C15H9Cl2NOS/c16-10-6-5-8(7-11(10)17)14(19)13-9-3-1-2-4-12(9)20-15(13)18/h1-7H,18H2. The van der Waals surface area contributed by atoms with Crippen molar-refractivity contribution in [1.82, 2.24) is 0 Å². The van der Waals surface area contributed by atoms with Gasteiger partial charge in [-0.3, -0.25) is 4.79 Å². The highest BCUT2D eigenvalue weighted by Crippen LogP contribution is 2.35. The molecule has 0 aliphatic rings. The third-order valence-corrected chi connectivity index (χ3v) is 4.77. The van der Waals surface area contributed by atoms with E-state index in [4.69, 9.17) is 28.9 Å². The van der Waals surface area contributed by atoms with Crippen LogP contribution >= 0.6 is 34.5 Å². The summed E-state index contributed by atoms with van der Waals surface area (Å²) in [5, 5.41) is 2.16. The fourth-order valence-electron chi connectivity index (χ4n) is 2.08. The van der Waals surface area contributed by atoms with E-state index in [0.29, 0.717) is 26.2 Å². The van der Waals surface area contributed by atoms with E-state index in [9.17, 15) is 4.79 Å². The highest BCUT2D eigenvalue weighted by molar-refractivity contribution is 7.23. The molecule has 5 heteroatoms. The molecular formula is C15H9Cl2NOS. The minimum absolute atomic E-state index is 0.140. The molecule has 0 spiro atoms. The second-order valence-electron chi connectivity index (χ2n) is 4.30. The zero-order chi connectivity index (χ0) is 14.3. The number of hydrogen-bond donors (Lipinski definition) is 1. The summed E-state index contributed by atoms with van der Waals surface area (Å²) in [6.07, 6.45) is 0. The zero-order valence-corrected chi connectivity index (χ0v) is 12.5. The van der Waals surface area contributed by atoms with Gasteiger partial charge in [0.05, 0.1) is 20.6 Å². The van der Waals surface area contributed by atoms with E-state index in [0.717, 1.165) is 10.1 Å². The first-order chi connectivity index (χ1) is 9.58. The molecule has 0 aliphatic carbocycles. The van der Waals surface area contributed by atoms with E-state index >= 15 is 0 Å². The number of halogens is 2. The molecule has 100 valence electrons. The first kappa shape index (κ1) is 13.4. The molecule has 3 rings (SSSR count). The lowest BCUT2D eigenvalue weighted by Gasteiger charge is -2.03. The molecule has 0 saturated carbocycles. The maximum Gasteiger partial charge on any atom is 0.196 e. The Kier molecular flexibility index (Phi) is 3.42. The minimum Gasteiger partial charge on any atom is -0.390 e. The van der Waals surface area contributed by atoms with E-state index in [2.05, 4.69) is 0 Å². The summed E-state index contributed by atoms with van der Waals surface area (Å²) in [5.74, 6) is -0.140. The van der Waals surface area contributed by atoms with Crippen molar-refractivity contribution in [1.29, 1.82) is 0 Å². The number of rotatable bonds is 2. The molecule has 0 amide bonds. The van der Waals surface area contributed by atoms with Gasteiger partial charge >= 0.3 is 0 Å². The molecule has 0 saturated heterocycles. The van der Waals surface area contributed by atoms with Gasteiger partial charge in [-0.2, -0.15) is 0 Å². The number of fused-ring (bicyclic) bond motifs is 1. The van der Waals surface area contributed by atoms with Crippen LogP contribution in [0.2, 0.25) is 10.0 Å². The lowest BCUT2D eigenvalue weighted by atomic mass is 10.0. The molecular weight excluding hydrogens is 313 g/mol. The van der Waals surface area contributed by atoms with Crippen LogP contribution in [-0.4, -0.2) is 5.78 Å². The van der Waals surface area contributed by atoms with Crippen LogP contribution in [0.15, 0.2) is 42.5 Å². The van der Waals surface area contributed by atoms with Gasteiger partial charge < -0.3 is 5.73 Å². The largest absolute Gasteiger partial charge is 0.390 e. The van der Waals surface area contributed by atoms with Crippen LogP contribution in [0.4, 0.5) is 5.00 Å². The van der Waals surface area contributed by atoms with Gasteiger partial charge in [-0.05, 0) is 24.3 Å². The third kappa shape index (κ3) is 2.18. The van der Waals surface area contributed by atoms with Gasteiger partial charge in [-0.1, -0.05) is 41.4 Å². The maximum atomic E-state index is 12.6. The Bertz CT molecular complexity index is 826. The molecule has 3 aromatic rings. The molecule has 0 aliphatic heterocycles. The Morgan fingerprint density at radius 2 is 1.80 bits per heavy atom. The number of carbonyl (C=O) groups excluding carboxylic acids is 1. The molecule has 2 aromatic carbocycles. The fourth-order valence-corrected chi connectivity index (χ4v) is 3.35. The SMILES string of the molecule is Nc1sc2ccccc2c1C(=O)c1ccc(Cl)c(Cl)c1. The van der Waals surface area contributed by atoms with Crippen molar-refractivity contribution in [3.05, 3.63) is 63.6 Å².